The Bertz CT molecular complexity index is 516. The molecule has 0 bridgehead atoms. The maximum absolute atomic E-state index is 11.1. The highest BCUT2D eigenvalue weighted by atomic mass is 16.5. The van der Waals surface area contributed by atoms with E-state index in [0.717, 1.165) is 11.1 Å². The number of carboxylic acids is 1. The summed E-state index contributed by atoms with van der Waals surface area (Å²) in [6.07, 6.45) is 4.32. The van der Waals surface area contributed by atoms with E-state index >= 15 is 0 Å². The fourth-order valence-electron chi connectivity index (χ4n) is 1.83. The number of aromatic carboxylic acids is 1. The molecule has 16 heavy (non-hydrogen) atoms. The van der Waals surface area contributed by atoms with Crippen LogP contribution in [0.15, 0.2) is 30.6 Å². The van der Waals surface area contributed by atoms with Gasteiger partial charge in [-0.2, -0.15) is 0 Å². The molecular weight excluding hydrogens is 206 g/mol. The Kier molecular flexibility index (Phi) is 2.92. The molecule has 0 aromatic carbocycles. The van der Waals surface area contributed by atoms with Crippen molar-refractivity contribution < 1.29 is 14.6 Å². The number of aromatic nitrogens is 1. The monoisotopic (exact) mass is 219 g/mol. The molecule has 0 unspecified atom stereocenters. The second-order valence-corrected chi connectivity index (χ2v) is 3.57. The van der Waals surface area contributed by atoms with Crippen LogP contribution < -0.4 is 0 Å². The third kappa shape index (κ3) is 1.79. The van der Waals surface area contributed by atoms with Crippen LogP contribution in [0.1, 0.15) is 15.9 Å². The Labute approximate surface area is 93.1 Å². The van der Waals surface area contributed by atoms with E-state index in [1.807, 2.05) is 22.7 Å². The van der Waals surface area contributed by atoms with E-state index in [2.05, 4.69) is 0 Å². The predicted octanol–water partition coefficient (Wildman–Crippen LogP) is 1.83. The predicted molar refractivity (Wildman–Crippen MR) is 59.9 cm³/mol. The molecule has 0 saturated carbocycles. The molecule has 0 amide bonds. The van der Waals surface area contributed by atoms with Crippen LogP contribution in [0.4, 0.5) is 0 Å². The van der Waals surface area contributed by atoms with Crippen LogP contribution in [0.2, 0.25) is 0 Å². The van der Waals surface area contributed by atoms with E-state index in [1.54, 1.807) is 19.4 Å². The minimum absolute atomic E-state index is 0.340. The van der Waals surface area contributed by atoms with Crippen molar-refractivity contribution in [3.05, 3.63) is 41.7 Å². The lowest BCUT2D eigenvalue weighted by Crippen LogP contribution is -2.01. The van der Waals surface area contributed by atoms with Crippen LogP contribution >= 0.6 is 0 Å². The normalized spacial score (nSPS) is 10.8. The quantitative estimate of drug-likeness (QED) is 0.853. The van der Waals surface area contributed by atoms with Crippen LogP contribution in [0.3, 0.4) is 0 Å². The Hall–Kier alpha value is -1.81. The molecular formula is C12H13NO3. The molecule has 2 rings (SSSR count). The van der Waals surface area contributed by atoms with Crippen LogP contribution in [0.25, 0.3) is 5.52 Å². The summed E-state index contributed by atoms with van der Waals surface area (Å²) in [4.78, 5) is 11.1. The summed E-state index contributed by atoms with van der Waals surface area (Å²) < 4.78 is 6.84. The van der Waals surface area contributed by atoms with Gasteiger partial charge in [0, 0.05) is 19.5 Å². The van der Waals surface area contributed by atoms with E-state index in [-0.39, 0.29) is 0 Å². The summed E-state index contributed by atoms with van der Waals surface area (Å²) >= 11 is 0. The summed E-state index contributed by atoms with van der Waals surface area (Å²) in [7, 11) is 1.64. The van der Waals surface area contributed by atoms with Crippen LogP contribution in [0.5, 0.6) is 0 Å². The van der Waals surface area contributed by atoms with Crippen molar-refractivity contribution in [2.24, 2.45) is 0 Å². The lowest BCUT2D eigenvalue weighted by molar-refractivity contribution is 0.0699. The average Bonchev–Trinajstić information content (AvgIpc) is 2.70. The van der Waals surface area contributed by atoms with E-state index in [4.69, 9.17) is 9.84 Å². The van der Waals surface area contributed by atoms with Gasteiger partial charge in [0.25, 0.3) is 0 Å². The fraction of sp³-hybridized carbons (Fsp3) is 0.250. The van der Waals surface area contributed by atoms with Crippen LogP contribution in [-0.4, -0.2) is 29.2 Å². The van der Waals surface area contributed by atoms with Gasteiger partial charge < -0.3 is 14.2 Å². The summed E-state index contributed by atoms with van der Waals surface area (Å²) in [5, 5.41) is 9.08. The van der Waals surface area contributed by atoms with Gasteiger partial charge in [0.2, 0.25) is 0 Å². The van der Waals surface area contributed by atoms with Crippen molar-refractivity contribution >= 4 is 11.5 Å². The maximum Gasteiger partial charge on any atom is 0.337 e. The smallest absolute Gasteiger partial charge is 0.337 e. The lowest BCUT2D eigenvalue weighted by atomic mass is 10.1. The van der Waals surface area contributed by atoms with E-state index in [9.17, 15) is 4.79 Å². The Morgan fingerprint density at radius 3 is 2.94 bits per heavy atom. The van der Waals surface area contributed by atoms with Gasteiger partial charge in [-0.15, -0.1) is 0 Å². The number of fused-ring (bicyclic) bond motifs is 1. The van der Waals surface area contributed by atoms with Crippen molar-refractivity contribution in [1.82, 2.24) is 4.40 Å². The Morgan fingerprint density at radius 1 is 1.44 bits per heavy atom. The Balaban J connectivity index is 2.54. The number of hydrogen-bond acceptors (Lipinski definition) is 2. The number of carbonyl (C=O) groups is 1. The highest BCUT2D eigenvalue weighted by Gasteiger charge is 2.12. The third-order valence-electron chi connectivity index (χ3n) is 2.57. The maximum atomic E-state index is 11.1. The third-order valence-corrected chi connectivity index (χ3v) is 2.57. The number of rotatable bonds is 4. The molecule has 84 valence electrons. The van der Waals surface area contributed by atoms with Crippen molar-refractivity contribution in [2.45, 2.75) is 6.42 Å². The summed E-state index contributed by atoms with van der Waals surface area (Å²) in [6, 6.07) is 5.46. The molecule has 1 N–H and O–H groups in total. The topological polar surface area (TPSA) is 50.9 Å². The van der Waals surface area contributed by atoms with Crippen molar-refractivity contribution in [3.8, 4) is 0 Å². The molecule has 0 aliphatic rings. The summed E-state index contributed by atoms with van der Waals surface area (Å²) in [5.41, 5.74) is 2.09. The zero-order valence-corrected chi connectivity index (χ0v) is 9.01. The second-order valence-electron chi connectivity index (χ2n) is 3.57. The van der Waals surface area contributed by atoms with Gasteiger partial charge in [0.1, 0.15) is 0 Å². The van der Waals surface area contributed by atoms with E-state index in [1.165, 1.54) is 0 Å². The fourth-order valence-corrected chi connectivity index (χ4v) is 1.83. The highest BCUT2D eigenvalue weighted by Crippen LogP contribution is 2.18. The molecule has 0 atom stereocenters. The minimum atomic E-state index is -0.896. The van der Waals surface area contributed by atoms with Crippen LogP contribution in [-0.2, 0) is 11.2 Å². The second kappa shape index (κ2) is 4.37. The van der Waals surface area contributed by atoms with E-state index < -0.39 is 5.97 Å². The number of nitrogens with zero attached hydrogens (tertiary/aromatic N) is 1. The molecule has 0 saturated heterocycles. The summed E-state index contributed by atoms with van der Waals surface area (Å²) in [6.45, 7) is 0.587. The number of carboxylic acid groups (broad SMARTS) is 1. The molecule has 4 heteroatoms. The molecule has 0 aliphatic carbocycles. The van der Waals surface area contributed by atoms with Crippen molar-refractivity contribution in [3.63, 3.8) is 0 Å². The molecule has 2 heterocycles. The van der Waals surface area contributed by atoms with E-state index in [0.29, 0.717) is 18.6 Å². The highest BCUT2D eigenvalue weighted by molar-refractivity contribution is 5.96. The van der Waals surface area contributed by atoms with Crippen molar-refractivity contribution in [1.29, 1.82) is 0 Å². The lowest BCUT2D eigenvalue weighted by Gasteiger charge is -2.05. The SMILES string of the molecule is COCCc1cccn2ccc(C(=O)O)c12. The zero-order chi connectivity index (χ0) is 11.5. The molecule has 2 aromatic rings. The molecule has 0 spiro atoms. The number of hydrogen-bond donors (Lipinski definition) is 1. The van der Waals surface area contributed by atoms with Crippen molar-refractivity contribution in [2.75, 3.05) is 13.7 Å². The van der Waals surface area contributed by atoms with Gasteiger partial charge in [-0.3, -0.25) is 0 Å². The first-order valence-electron chi connectivity index (χ1n) is 5.05. The summed E-state index contributed by atoms with van der Waals surface area (Å²) in [5.74, 6) is -0.896. The van der Waals surface area contributed by atoms with Gasteiger partial charge in [-0.05, 0) is 24.1 Å². The minimum Gasteiger partial charge on any atom is -0.478 e. The zero-order valence-electron chi connectivity index (χ0n) is 9.01. The number of methoxy groups -OCH3 is 1. The first kappa shape index (κ1) is 10.7. The Morgan fingerprint density at radius 2 is 2.25 bits per heavy atom. The first-order valence-corrected chi connectivity index (χ1v) is 5.05. The van der Waals surface area contributed by atoms with Gasteiger partial charge in [-0.1, -0.05) is 6.07 Å². The number of ether oxygens (including phenoxy) is 1. The molecule has 0 radical (unpaired) electrons. The standard InChI is InChI=1S/C12H13NO3/c1-16-8-5-9-3-2-6-13-7-4-10(11(9)13)12(14)15/h2-4,6-7H,5,8H2,1H3,(H,14,15). The molecule has 2 aromatic heterocycles. The number of pyridine rings is 1. The molecule has 0 fully saturated rings. The van der Waals surface area contributed by atoms with Gasteiger partial charge >= 0.3 is 5.97 Å². The van der Waals surface area contributed by atoms with Gasteiger partial charge in [-0.25, -0.2) is 4.79 Å². The molecule has 0 aliphatic heterocycles. The van der Waals surface area contributed by atoms with Gasteiger partial charge in [0.05, 0.1) is 17.7 Å². The largest absolute Gasteiger partial charge is 0.478 e. The van der Waals surface area contributed by atoms with Gasteiger partial charge in [0.15, 0.2) is 0 Å². The van der Waals surface area contributed by atoms with Crippen LogP contribution in [0, 0.1) is 0 Å². The first-order chi connectivity index (χ1) is 7.74. The average molecular weight is 219 g/mol. The molecule has 4 nitrogen and oxygen atoms in total.